The zero-order valence-corrected chi connectivity index (χ0v) is 14.6. The first kappa shape index (κ1) is 15.5. The first-order chi connectivity index (χ1) is 12.2. The van der Waals surface area contributed by atoms with E-state index in [0.717, 1.165) is 0 Å². The highest BCUT2D eigenvalue weighted by atomic mass is 14.7. The van der Waals surface area contributed by atoms with Crippen LogP contribution in [0.5, 0.6) is 0 Å². The van der Waals surface area contributed by atoms with Crippen LogP contribution in [0.2, 0.25) is 0 Å². The number of benzene rings is 4. The summed E-state index contributed by atoms with van der Waals surface area (Å²) in [7, 11) is 0. The van der Waals surface area contributed by atoms with E-state index < -0.39 is 0 Å². The summed E-state index contributed by atoms with van der Waals surface area (Å²) in [5.74, 6) is 0. The molecule has 0 saturated heterocycles. The van der Waals surface area contributed by atoms with Crippen molar-refractivity contribution < 1.29 is 0 Å². The molecular weight excluding hydrogens is 302 g/mol. The predicted molar refractivity (Wildman–Crippen MR) is 109 cm³/mol. The summed E-state index contributed by atoms with van der Waals surface area (Å²) in [4.78, 5) is 3.38. The third-order valence-electron chi connectivity index (χ3n) is 4.63. The van der Waals surface area contributed by atoms with Crippen molar-refractivity contribution in [3.63, 3.8) is 0 Å². The van der Waals surface area contributed by atoms with Crippen molar-refractivity contribution >= 4 is 32.6 Å². The number of hydrogen-bond acceptors (Lipinski definition) is 0. The number of aromatic amines is 1. The number of nitrogens with one attached hydrogen (secondary N) is 1. The molecule has 0 aliphatic rings. The molecule has 0 unspecified atom stereocenters. The third kappa shape index (κ3) is 3.01. The maximum Gasteiger partial charge on any atom is 0.0464 e. The van der Waals surface area contributed by atoms with Gasteiger partial charge in [0.15, 0.2) is 0 Å². The minimum Gasteiger partial charge on any atom is -0.355 e. The maximum absolute atomic E-state index is 3.38. The van der Waals surface area contributed by atoms with Gasteiger partial charge in [-0.05, 0) is 42.3 Å². The molecule has 5 aromatic rings. The molecule has 1 N–H and O–H groups in total. The molecule has 0 radical (unpaired) electrons. The summed E-state index contributed by atoms with van der Waals surface area (Å²) >= 11 is 0. The average Bonchev–Trinajstić information content (AvgIpc) is 3.01. The van der Waals surface area contributed by atoms with Crippen LogP contribution >= 0.6 is 0 Å². The van der Waals surface area contributed by atoms with Crippen molar-refractivity contribution in [2.24, 2.45) is 0 Å². The highest BCUT2D eigenvalue weighted by Gasteiger charge is 2.00. The quantitative estimate of drug-likeness (QED) is 0.323. The third-order valence-corrected chi connectivity index (χ3v) is 4.63. The molecule has 122 valence electrons. The first-order valence-corrected chi connectivity index (χ1v) is 8.64. The highest BCUT2D eigenvalue weighted by Crippen LogP contribution is 2.24. The second-order valence-electron chi connectivity index (χ2n) is 6.52. The normalized spacial score (nSPS) is 10.8. The Bertz CT molecular complexity index is 1110. The van der Waals surface area contributed by atoms with Gasteiger partial charge in [0.1, 0.15) is 0 Å². The van der Waals surface area contributed by atoms with Crippen molar-refractivity contribution in [3.8, 4) is 0 Å². The summed E-state index contributed by atoms with van der Waals surface area (Å²) in [6.07, 6.45) is 0. The molecular formula is C24H21N. The van der Waals surface area contributed by atoms with Gasteiger partial charge in [-0.1, -0.05) is 78.4 Å². The lowest BCUT2D eigenvalue weighted by Crippen LogP contribution is -1.80. The lowest BCUT2D eigenvalue weighted by atomic mass is 10.0. The summed E-state index contributed by atoms with van der Waals surface area (Å²) in [5.41, 5.74) is 5.13. The first-order valence-electron chi connectivity index (χ1n) is 8.64. The topological polar surface area (TPSA) is 15.8 Å². The Labute approximate surface area is 147 Å². The predicted octanol–water partition coefficient (Wildman–Crippen LogP) is 6.78. The number of aromatic nitrogens is 1. The van der Waals surface area contributed by atoms with Crippen molar-refractivity contribution in [1.29, 1.82) is 0 Å². The lowest BCUT2D eigenvalue weighted by molar-refractivity contribution is 1.43. The molecule has 1 nitrogen and oxygen atoms in total. The number of hydrogen-bond donors (Lipinski definition) is 1. The number of fused-ring (bicyclic) bond motifs is 4. The van der Waals surface area contributed by atoms with Gasteiger partial charge < -0.3 is 4.98 Å². The van der Waals surface area contributed by atoms with E-state index in [2.05, 4.69) is 104 Å². The van der Waals surface area contributed by atoms with Gasteiger partial charge in [-0.2, -0.15) is 0 Å². The number of H-pyrrole nitrogens is 1. The smallest absolute Gasteiger partial charge is 0.0464 e. The van der Waals surface area contributed by atoms with E-state index in [1.165, 1.54) is 43.7 Å². The fourth-order valence-electron chi connectivity index (χ4n) is 3.49. The molecule has 25 heavy (non-hydrogen) atoms. The molecule has 0 aliphatic carbocycles. The number of aryl methyl sites for hydroxylation is 2. The molecule has 1 heteroatoms. The summed E-state index contributed by atoms with van der Waals surface area (Å²) in [6.45, 7) is 4.30. The zero-order chi connectivity index (χ0) is 17.2. The van der Waals surface area contributed by atoms with E-state index in [-0.39, 0.29) is 0 Å². The van der Waals surface area contributed by atoms with E-state index >= 15 is 0 Å². The molecule has 0 aliphatic heterocycles. The maximum atomic E-state index is 3.38. The molecule has 4 aromatic carbocycles. The highest BCUT2D eigenvalue weighted by molar-refractivity contribution is 6.06. The Kier molecular flexibility index (Phi) is 3.99. The molecule has 0 bridgehead atoms. The van der Waals surface area contributed by atoms with Gasteiger partial charge in [-0.15, -0.1) is 0 Å². The van der Waals surface area contributed by atoms with Gasteiger partial charge in [0.25, 0.3) is 0 Å². The van der Waals surface area contributed by atoms with Crippen LogP contribution in [0.3, 0.4) is 0 Å². The summed E-state index contributed by atoms with van der Waals surface area (Å²) in [5, 5.41) is 5.31. The van der Waals surface area contributed by atoms with Gasteiger partial charge in [0, 0.05) is 21.8 Å². The lowest BCUT2D eigenvalue weighted by Gasteiger charge is -2.02. The fourth-order valence-corrected chi connectivity index (χ4v) is 3.49. The van der Waals surface area contributed by atoms with E-state index in [1.807, 2.05) is 0 Å². The van der Waals surface area contributed by atoms with Crippen molar-refractivity contribution in [1.82, 2.24) is 4.98 Å². The minimum atomic E-state index is 1.21. The summed E-state index contributed by atoms with van der Waals surface area (Å²) < 4.78 is 0. The van der Waals surface area contributed by atoms with E-state index in [4.69, 9.17) is 0 Å². The second kappa shape index (κ2) is 6.45. The largest absolute Gasteiger partial charge is 0.355 e. The number of para-hydroxylation sites is 2. The van der Waals surface area contributed by atoms with Gasteiger partial charge in [0.05, 0.1) is 0 Å². The van der Waals surface area contributed by atoms with Crippen LogP contribution in [0, 0.1) is 13.8 Å². The van der Waals surface area contributed by atoms with E-state index in [1.54, 1.807) is 0 Å². The Morgan fingerprint density at radius 1 is 0.560 bits per heavy atom. The van der Waals surface area contributed by atoms with Crippen LogP contribution in [-0.2, 0) is 0 Å². The molecule has 0 spiro atoms. The molecule has 0 saturated carbocycles. The SMILES string of the molecule is Cc1cc(C)c2ccccc2c1.c1ccc2c(c1)[nH]c1ccccc12. The molecule has 5 rings (SSSR count). The van der Waals surface area contributed by atoms with Crippen LogP contribution in [-0.4, -0.2) is 4.98 Å². The summed E-state index contributed by atoms with van der Waals surface area (Å²) in [6, 6.07) is 29.7. The Balaban J connectivity index is 0.000000126. The van der Waals surface area contributed by atoms with Gasteiger partial charge in [-0.25, -0.2) is 0 Å². The molecule has 0 amide bonds. The van der Waals surface area contributed by atoms with E-state index in [9.17, 15) is 0 Å². The Morgan fingerprint density at radius 3 is 1.72 bits per heavy atom. The van der Waals surface area contributed by atoms with Crippen LogP contribution in [0.15, 0.2) is 84.9 Å². The molecule has 0 atom stereocenters. The van der Waals surface area contributed by atoms with Gasteiger partial charge >= 0.3 is 0 Å². The van der Waals surface area contributed by atoms with E-state index in [0.29, 0.717) is 0 Å². The molecule has 1 aromatic heterocycles. The van der Waals surface area contributed by atoms with Gasteiger partial charge in [-0.3, -0.25) is 0 Å². The fraction of sp³-hybridized carbons (Fsp3) is 0.0833. The van der Waals surface area contributed by atoms with Crippen molar-refractivity contribution in [2.75, 3.05) is 0 Å². The van der Waals surface area contributed by atoms with Crippen LogP contribution in [0.4, 0.5) is 0 Å². The minimum absolute atomic E-state index is 1.21. The zero-order valence-electron chi connectivity index (χ0n) is 14.6. The average molecular weight is 323 g/mol. The van der Waals surface area contributed by atoms with Crippen LogP contribution < -0.4 is 0 Å². The van der Waals surface area contributed by atoms with Gasteiger partial charge in [0.2, 0.25) is 0 Å². The Morgan fingerprint density at radius 2 is 1.08 bits per heavy atom. The second-order valence-corrected chi connectivity index (χ2v) is 6.52. The van der Waals surface area contributed by atoms with Crippen molar-refractivity contribution in [3.05, 3.63) is 96.1 Å². The monoisotopic (exact) mass is 323 g/mol. The van der Waals surface area contributed by atoms with Crippen LogP contribution in [0.1, 0.15) is 11.1 Å². The number of rotatable bonds is 0. The van der Waals surface area contributed by atoms with Crippen LogP contribution in [0.25, 0.3) is 32.6 Å². The Hall–Kier alpha value is -3.06. The standard InChI is InChI=1S/C12H9N.C12H12/c1-3-7-11-9(5-1)10-6-2-4-8-12(10)13-11;1-9-7-10(2)12-6-4-3-5-11(12)8-9/h1-8,13H;3-8H,1-2H3. The molecule has 0 fully saturated rings. The molecule has 1 heterocycles. The van der Waals surface area contributed by atoms with Crippen molar-refractivity contribution in [2.45, 2.75) is 13.8 Å².